The van der Waals surface area contributed by atoms with Gasteiger partial charge in [0.25, 0.3) is 0 Å². The minimum absolute atomic E-state index is 0.0212. The number of carboxylic acids is 1. The van der Waals surface area contributed by atoms with E-state index in [1.165, 1.54) is 12.0 Å². The van der Waals surface area contributed by atoms with Crippen molar-refractivity contribution in [1.29, 1.82) is 0 Å². The summed E-state index contributed by atoms with van der Waals surface area (Å²) < 4.78 is 17.0. The number of unbranched alkanes of at least 4 members (excludes halogenated alkanes) is 1. The second-order valence-corrected chi connectivity index (χ2v) is 9.55. The molecule has 1 aliphatic rings. The zero-order valence-electron chi connectivity index (χ0n) is 22.0. The number of hydrogen-bond acceptors (Lipinski definition) is 5. The van der Waals surface area contributed by atoms with Crippen molar-refractivity contribution in [2.75, 3.05) is 26.3 Å². The number of hydrogen-bond donors (Lipinski definition) is 1. The molecule has 0 aliphatic heterocycles. The highest BCUT2D eigenvalue weighted by atomic mass is 16.6. The monoisotopic (exact) mass is 511 g/mol. The molecule has 1 fully saturated rings. The molecule has 7 heteroatoms. The maximum Gasteiger partial charge on any atom is 0.410 e. The number of benzene rings is 2. The minimum Gasteiger partial charge on any atom is -0.492 e. The van der Waals surface area contributed by atoms with Crippen molar-refractivity contribution in [3.05, 3.63) is 65.7 Å². The first-order valence-electron chi connectivity index (χ1n) is 13.6. The lowest BCUT2D eigenvalue weighted by Gasteiger charge is -2.27. The van der Waals surface area contributed by atoms with Crippen molar-refractivity contribution in [3.8, 4) is 5.75 Å². The lowest BCUT2D eigenvalue weighted by Crippen LogP contribution is -2.38. The van der Waals surface area contributed by atoms with Gasteiger partial charge in [0, 0.05) is 19.6 Å². The Hall–Kier alpha value is -3.06. The molecule has 0 heterocycles. The van der Waals surface area contributed by atoms with Gasteiger partial charge in [-0.3, -0.25) is 0 Å². The van der Waals surface area contributed by atoms with E-state index < -0.39 is 12.1 Å². The second kappa shape index (κ2) is 15.9. The van der Waals surface area contributed by atoms with Crippen LogP contribution in [0.2, 0.25) is 0 Å². The summed E-state index contributed by atoms with van der Waals surface area (Å²) in [6.07, 6.45) is 7.44. The average molecular weight is 512 g/mol. The highest BCUT2D eigenvalue weighted by molar-refractivity contribution is 5.72. The Labute approximate surface area is 220 Å². The van der Waals surface area contributed by atoms with E-state index in [4.69, 9.17) is 14.2 Å². The number of carbonyl (C=O) groups is 2. The highest BCUT2D eigenvalue weighted by Gasteiger charge is 2.22. The molecule has 0 aromatic heterocycles. The summed E-state index contributed by atoms with van der Waals surface area (Å²) in [4.78, 5) is 26.1. The van der Waals surface area contributed by atoms with E-state index in [2.05, 4.69) is 24.3 Å². The molecule has 0 radical (unpaired) electrons. The predicted octanol–water partition coefficient (Wildman–Crippen LogP) is 5.89. The zero-order valence-corrected chi connectivity index (χ0v) is 22.0. The Morgan fingerprint density at radius 1 is 0.946 bits per heavy atom. The minimum atomic E-state index is -0.967. The van der Waals surface area contributed by atoms with E-state index in [-0.39, 0.29) is 12.2 Å². The second-order valence-electron chi connectivity index (χ2n) is 9.55. The summed E-state index contributed by atoms with van der Waals surface area (Å²) in [5.74, 6) is -0.289. The topological polar surface area (TPSA) is 85.3 Å². The van der Waals surface area contributed by atoms with Crippen LogP contribution in [0.15, 0.2) is 54.6 Å². The van der Waals surface area contributed by atoms with Crippen molar-refractivity contribution in [1.82, 2.24) is 4.90 Å². The molecule has 1 amide bonds. The number of carboxylic acid groups (broad SMARTS) is 1. The molecule has 0 bridgehead atoms. The lowest BCUT2D eigenvalue weighted by molar-refractivity contribution is -0.149. The Morgan fingerprint density at radius 2 is 1.68 bits per heavy atom. The first-order valence-corrected chi connectivity index (χ1v) is 13.6. The number of amides is 1. The summed E-state index contributed by atoms with van der Waals surface area (Å²) >= 11 is 0. The molecule has 1 atom stereocenters. The number of ether oxygens (including phenoxy) is 3. The van der Waals surface area contributed by atoms with Gasteiger partial charge in [-0.15, -0.1) is 0 Å². The van der Waals surface area contributed by atoms with Gasteiger partial charge in [-0.25, -0.2) is 9.59 Å². The van der Waals surface area contributed by atoms with E-state index in [1.54, 1.807) is 11.8 Å². The first kappa shape index (κ1) is 28.5. The van der Waals surface area contributed by atoms with Crippen LogP contribution in [0.3, 0.4) is 0 Å². The largest absolute Gasteiger partial charge is 0.492 e. The summed E-state index contributed by atoms with van der Waals surface area (Å²) in [6.45, 7) is 3.57. The van der Waals surface area contributed by atoms with Gasteiger partial charge in [-0.1, -0.05) is 48.9 Å². The summed E-state index contributed by atoms with van der Waals surface area (Å²) in [5.41, 5.74) is 2.17. The van der Waals surface area contributed by atoms with Crippen molar-refractivity contribution >= 4 is 12.1 Å². The first-order chi connectivity index (χ1) is 18.0. The van der Waals surface area contributed by atoms with Gasteiger partial charge in [-0.05, 0) is 75.1 Å². The standard InChI is InChI=1S/C30H41NO6/c1-2-35-28(29(32)33)23-25-16-18-26(19-17-25)36-22-21-31(30(34)37-27-14-7-4-8-15-27)20-10-9-13-24-11-5-3-6-12-24/h3,5-6,11-12,16-19,27-28H,2,4,7-10,13-15,20-23H2,1H3,(H,32,33). The Morgan fingerprint density at radius 3 is 2.35 bits per heavy atom. The normalized spacial score (nSPS) is 14.6. The van der Waals surface area contributed by atoms with Crippen LogP contribution in [-0.4, -0.2) is 60.6 Å². The molecule has 37 heavy (non-hydrogen) atoms. The van der Waals surface area contributed by atoms with E-state index >= 15 is 0 Å². The maximum absolute atomic E-state index is 13.0. The third-order valence-electron chi connectivity index (χ3n) is 6.68. The molecule has 7 nitrogen and oxygen atoms in total. The van der Waals surface area contributed by atoms with Crippen LogP contribution in [0.1, 0.15) is 63.0 Å². The molecule has 2 aromatic carbocycles. The van der Waals surface area contributed by atoms with Gasteiger partial charge in [0.05, 0.1) is 6.54 Å². The SMILES string of the molecule is CCOC(Cc1ccc(OCCN(CCCCc2ccccc2)C(=O)OC2CCCCC2)cc1)C(=O)O. The van der Waals surface area contributed by atoms with Crippen LogP contribution in [-0.2, 0) is 27.1 Å². The highest BCUT2D eigenvalue weighted by Crippen LogP contribution is 2.21. The van der Waals surface area contributed by atoms with E-state index in [1.807, 2.05) is 30.3 Å². The van der Waals surface area contributed by atoms with Gasteiger partial charge >= 0.3 is 12.1 Å². The number of rotatable bonds is 15. The van der Waals surface area contributed by atoms with Crippen molar-refractivity contribution < 1.29 is 28.9 Å². The van der Waals surface area contributed by atoms with E-state index in [9.17, 15) is 14.7 Å². The molecule has 1 N–H and O–H groups in total. The molecule has 1 saturated carbocycles. The zero-order chi connectivity index (χ0) is 26.3. The fourth-order valence-corrected chi connectivity index (χ4v) is 4.60. The van der Waals surface area contributed by atoms with Gasteiger partial charge in [0.1, 0.15) is 18.5 Å². The molecule has 1 aliphatic carbocycles. The number of carbonyl (C=O) groups excluding carboxylic acids is 1. The maximum atomic E-state index is 13.0. The van der Waals surface area contributed by atoms with Crippen molar-refractivity contribution in [2.45, 2.75) is 76.9 Å². The molecule has 202 valence electrons. The van der Waals surface area contributed by atoms with Gasteiger partial charge < -0.3 is 24.2 Å². The van der Waals surface area contributed by atoms with Crippen LogP contribution >= 0.6 is 0 Å². The van der Waals surface area contributed by atoms with Crippen molar-refractivity contribution in [3.63, 3.8) is 0 Å². The van der Waals surface area contributed by atoms with Crippen LogP contribution in [0.4, 0.5) is 4.79 Å². The fraction of sp³-hybridized carbons (Fsp3) is 0.533. The quantitative estimate of drug-likeness (QED) is 0.300. The van der Waals surface area contributed by atoms with Crippen LogP contribution < -0.4 is 4.74 Å². The molecule has 0 spiro atoms. The molecule has 0 saturated heterocycles. The summed E-state index contributed by atoms with van der Waals surface area (Å²) in [7, 11) is 0. The molecule has 2 aromatic rings. The Balaban J connectivity index is 1.48. The van der Waals surface area contributed by atoms with Crippen LogP contribution in [0.5, 0.6) is 5.75 Å². The van der Waals surface area contributed by atoms with E-state index in [0.717, 1.165) is 50.5 Å². The molecular weight excluding hydrogens is 470 g/mol. The lowest BCUT2D eigenvalue weighted by atomic mass is 9.98. The number of aliphatic carboxylic acids is 1. The molecule has 3 rings (SSSR count). The summed E-state index contributed by atoms with van der Waals surface area (Å²) in [6, 6.07) is 17.7. The van der Waals surface area contributed by atoms with Gasteiger partial charge in [0.2, 0.25) is 0 Å². The summed E-state index contributed by atoms with van der Waals surface area (Å²) in [5, 5.41) is 9.28. The molecule has 1 unspecified atom stereocenters. The Kier molecular flexibility index (Phi) is 12.3. The third-order valence-corrected chi connectivity index (χ3v) is 6.68. The van der Waals surface area contributed by atoms with Gasteiger partial charge in [0.15, 0.2) is 6.10 Å². The smallest absolute Gasteiger partial charge is 0.410 e. The predicted molar refractivity (Wildman–Crippen MR) is 143 cm³/mol. The Bertz CT molecular complexity index is 927. The average Bonchev–Trinajstić information content (AvgIpc) is 2.91. The van der Waals surface area contributed by atoms with Crippen LogP contribution in [0, 0.1) is 0 Å². The molecular formula is C30H41NO6. The van der Waals surface area contributed by atoms with Crippen LogP contribution in [0.25, 0.3) is 0 Å². The number of nitrogens with zero attached hydrogens (tertiary/aromatic N) is 1. The number of aryl methyl sites for hydroxylation is 1. The fourth-order valence-electron chi connectivity index (χ4n) is 4.60. The van der Waals surface area contributed by atoms with Crippen molar-refractivity contribution in [2.24, 2.45) is 0 Å². The van der Waals surface area contributed by atoms with Gasteiger partial charge in [-0.2, -0.15) is 0 Å². The van der Waals surface area contributed by atoms with E-state index in [0.29, 0.717) is 38.5 Å². The third kappa shape index (κ3) is 10.4.